The maximum absolute atomic E-state index is 13.1. The van der Waals surface area contributed by atoms with Crippen LogP contribution in [-0.4, -0.2) is 22.0 Å². The lowest BCUT2D eigenvalue weighted by molar-refractivity contribution is -0.118. The van der Waals surface area contributed by atoms with Gasteiger partial charge in [0, 0.05) is 18.2 Å². The van der Waals surface area contributed by atoms with Gasteiger partial charge in [0.25, 0.3) is 11.6 Å². The van der Waals surface area contributed by atoms with Crippen LogP contribution in [-0.2, 0) is 11.3 Å². The molecule has 0 spiro atoms. The SMILES string of the molecule is Cc1noc2nc(-c3cccs3)cc(C(=O)NCc3cccc(NC(=O)C(C)C)c3)c12. The minimum absolute atomic E-state index is 0.0515. The zero-order valence-corrected chi connectivity index (χ0v) is 18.2. The molecule has 2 amide bonds. The van der Waals surface area contributed by atoms with E-state index in [0.717, 1.165) is 10.4 Å². The van der Waals surface area contributed by atoms with Crippen LogP contribution in [0.5, 0.6) is 0 Å². The number of nitrogens with one attached hydrogen (secondary N) is 2. The van der Waals surface area contributed by atoms with Crippen LogP contribution in [0.25, 0.3) is 21.7 Å². The Hall–Kier alpha value is -3.52. The number of aromatic nitrogens is 2. The molecule has 0 bridgehead atoms. The van der Waals surface area contributed by atoms with E-state index < -0.39 is 0 Å². The number of fused-ring (bicyclic) bond motifs is 1. The Morgan fingerprint density at radius 3 is 2.74 bits per heavy atom. The van der Waals surface area contributed by atoms with E-state index in [2.05, 4.69) is 20.8 Å². The van der Waals surface area contributed by atoms with Gasteiger partial charge in [0.05, 0.1) is 27.2 Å². The van der Waals surface area contributed by atoms with Gasteiger partial charge in [0.15, 0.2) is 0 Å². The molecule has 0 aliphatic rings. The maximum Gasteiger partial charge on any atom is 0.259 e. The van der Waals surface area contributed by atoms with Crippen LogP contribution >= 0.6 is 11.3 Å². The van der Waals surface area contributed by atoms with E-state index >= 15 is 0 Å². The Morgan fingerprint density at radius 1 is 1.16 bits per heavy atom. The Kier molecular flexibility index (Phi) is 5.81. The van der Waals surface area contributed by atoms with Crippen molar-refractivity contribution in [3.05, 3.63) is 64.7 Å². The molecule has 0 atom stereocenters. The molecule has 3 aromatic heterocycles. The zero-order valence-electron chi connectivity index (χ0n) is 17.4. The number of nitrogens with zero attached hydrogens (tertiary/aromatic N) is 2. The number of hydrogen-bond donors (Lipinski definition) is 2. The minimum Gasteiger partial charge on any atom is -0.348 e. The number of aryl methyl sites for hydroxylation is 1. The fraction of sp³-hybridized carbons (Fsp3) is 0.217. The van der Waals surface area contributed by atoms with Gasteiger partial charge < -0.3 is 15.2 Å². The Bertz CT molecular complexity index is 1250. The van der Waals surface area contributed by atoms with Crippen molar-refractivity contribution >= 4 is 39.9 Å². The highest BCUT2D eigenvalue weighted by molar-refractivity contribution is 7.13. The molecule has 0 saturated heterocycles. The summed E-state index contributed by atoms with van der Waals surface area (Å²) < 4.78 is 5.34. The van der Waals surface area contributed by atoms with Gasteiger partial charge in [-0.1, -0.05) is 37.2 Å². The molecule has 7 nitrogen and oxygen atoms in total. The molecule has 4 aromatic rings. The Morgan fingerprint density at radius 2 is 2.00 bits per heavy atom. The van der Waals surface area contributed by atoms with Crippen molar-refractivity contribution in [2.24, 2.45) is 5.92 Å². The number of amides is 2. The molecule has 0 unspecified atom stereocenters. The smallest absolute Gasteiger partial charge is 0.259 e. The molecule has 0 fully saturated rings. The van der Waals surface area contributed by atoms with Crippen molar-refractivity contribution in [2.45, 2.75) is 27.3 Å². The Balaban J connectivity index is 1.57. The first-order valence-corrected chi connectivity index (χ1v) is 10.8. The molecule has 0 radical (unpaired) electrons. The molecule has 31 heavy (non-hydrogen) atoms. The molecule has 0 aliphatic heterocycles. The topological polar surface area (TPSA) is 97.1 Å². The van der Waals surface area contributed by atoms with Gasteiger partial charge in [0.1, 0.15) is 0 Å². The lowest BCUT2D eigenvalue weighted by atomic mass is 10.1. The second kappa shape index (κ2) is 8.69. The van der Waals surface area contributed by atoms with E-state index in [4.69, 9.17) is 4.52 Å². The molecule has 3 heterocycles. The first-order valence-electron chi connectivity index (χ1n) is 9.91. The van der Waals surface area contributed by atoms with Gasteiger partial charge in [-0.2, -0.15) is 0 Å². The van der Waals surface area contributed by atoms with E-state index in [1.807, 2.05) is 55.6 Å². The summed E-state index contributed by atoms with van der Waals surface area (Å²) in [6, 6.07) is 13.1. The summed E-state index contributed by atoms with van der Waals surface area (Å²) in [6.45, 7) is 5.78. The van der Waals surface area contributed by atoms with Crippen LogP contribution in [0.1, 0.15) is 35.5 Å². The molecular weight excluding hydrogens is 412 g/mol. The predicted molar refractivity (Wildman–Crippen MR) is 121 cm³/mol. The van der Waals surface area contributed by atoms with E-state index in [0.29, 0.717) is 40.3 Å². The molecule has 8 heteroatoms. The zero-order chi connectivity index (χ0) is 22.0. The summed E-state index contributed by atoms with van der Waals surface area (Å²) in [5.74, 6) is -0.403. The first kappa shape index (κ1) is 20.7. The van der Waals surface area contributed by atoms with Crippen molar-refractivity contribution in [3.8, 4) is 10.6 Å². The number of carbonyl (C=O) groups excluding carboxylic acids is 2. The molecule has 0 aliphatic carbocycles. The number of pyridine rings is 1. The fourth-order valence-corrected chi connectivity index (χ4v) is 3.83. The summed E-state index contributed by atoms with van der Waals surface area (Å²) >= 11 is 1.54. The lowest BCUT2D eigenvalue weighted by Gasteiger charge is -2.11. The van der Waals surface area contributed by atoms with Gasteiger partial charge >= 0.3 is 0 Å². The second-order valence-electron chi connectivity index (χ2n) is 7.51. The normalized spacial score (nSPS) is 11.1. The van der Waals surface area contributed by atoms with Crippen molar-refractivity contribution in [2.75, 3.05) is 5.32 Å². The van der Waals surface area contributed by atoms with Gasteiger partial charge in [-0.3, -0.25) is 9.59 Å². The van der Waals surface area contributed by atoms with Crippen LogP contribution < -0.4 is 10.6 Å². The number of rotatable bonds is 6. The number of carbonyl (C=O) groups is 2. The van der Waals surface area contributed by atoms with Gasteiger partial charge in [-0.15, -0.1) is 11.3 Å². The maximum atomic E-state index is 13.1. The number of benzene rings is 1. The molecule has 0 saturated carbocycles. The number of anilines is 1. The fourth-order valence-electron chi connectivity index (χ4n) is 3.15. The third-order valence-electron chi connectivity index (χ3n) is 4.81. The molecule has 158 valence electrons. The third-order valence-corrected chi connectivity index (χ3v) is 5.70. The average molecular weight is 435 g/mol. The summed E-state index contributed by atoms with van der Waals surface area (Å²) in [5, 5.41) is 12.4. The average Bonchev–Trinajstić information content (AvgIpc) is 3.42. The monoisotopic (exact) mass is 434 g/mol. The van der Waals surface area contributed by atoms with Crippen molar-refractivity contribution < 1.29 is 14.1 Å². The van der Waals surface area contributed by atoms with Crippen molar-refractivity contribution in [1.82, 2.24) is 15.5 Å². The van der Waals surface area contributed by atoms with Gasteiger partial charge in [-0.25, -0.2) is 4.98 Å². The van der Waals surface area contributed by atoms with E-state index in [-0.39, 0.29) is 17.7 Å². The standard InChI is InChI=1S/C23H22N4O3S/c1-13(2)21(28)25-16-7-4-6-15(10-16)12-24-22(29)17-11-18(19-8-5-9-31-19)26-23-20(17)14(3)27-30-23/h4-11,13H,12H2,1-3H3,(H,24,29)(H,25,28). The van der Waals surface area contributed by atoms with Crippen molar-refractivity contribution in [1.29, 1.82) is 0 Å². The lowest BCUT2D eigenvalue weighted by Crippen LogP contribution is -2.23. The van der Waals surface area contributed by atoms with Crippen LogP contribution in [0.2, 0.25) is 0 Å². The highest BCUT2D eigenvalue weighted by Gasteiger charge is 2.19. The first-order chi connectivity index (χ1) is 14.9. The predicted octanol–water partition coefficient (Wildman–Crippen LogP) is 4.78. The summed E-state index contributed by atoms with van der Waals surface area (Å²) in [5.41, 5.74) is 3.67. The van der Waals surface area contributed by atoms with Crippen LogP contribution in [0.3, 0.4) is 0 Å². The highest BCUT2D eigenvalue weighted by Crippen LogP contribution is 2.29. The summed E-state index contributed by atoms with van der Waals surface area (Å²) in [6.07, 6.45) is 0. The molecule has 2 N–H and O–H groups in total. The van der Waals surface area contributed by atoms with E-state index in [1.54, 1.807) is 13.0 Å². The summed E-state index contributed by atoms with van der Waals surface area (Å²) in [7, 11) is 0. The van der Waals surface area contributed by atoms with Crippen LogP contribution in [0, 0.1) is 12.8 Å². The highest BCUT2D eigenvalue weighted by atomic mass is 32.1. The Labute approximate surface area is 183 Å². The molecular formula is C23H22N4O3S. The largest absolute Gasteiger partial charge is 0.348 e. The van der Waals surface area contributed by atoms with Gasteiger partial charge in [-0.05, 0) is 42.1 Å². The van der Waals surface area contributed by atoms with Crippen LogP contribution in [0.15, 0.2) is 52.4 Å². The van der Waals surface area contributed by atoms with E-state index in [9.17, 15) is 9.59 Å². The molecule has 1 aromatic carbocycles. The van der Waals surface area contributed by atoms with Crippen molar-refractivity contribution in [3.63, 3.8) is 0 Å². The number of thiophene rings is 1. The van der Waals surface area contributed by atoms with Crippen LogP contribution in [0.4, 0.5) is 5.69 Å². The van der Waals surface area contributed by atoms with E-state index in [1.165, 1.54) is 11.3 Å². The minimum atomic E-state index is -0.242. The van der Waals surface area contributed by atoms with Gasteiger partial charge in [0.2, 0.25) is 5.91 Å². The number of hydrogen-bond acceptors (Lipinski definition) is 6. The molecule has 4 rings (SSSR count). The summed E-state index contributed by atoms with van der Waals surface area (Å²) in [4.78, 5) is 30.5. The quantitative estimate of drug-likeness (QED) is 0.455. The third kappa shape index (κ3) is 4.49. The second-order valence-corrected chi connectivity index (χ2v) is 8.46.